The molecule has 0 unspecified atom stereocenters. The van der Waals surface area contributed by atoms with Crippen LogP contribution in [0.4, 0.5) is 5.82 Å². The van der Waals surface area contributed by atoms with E-state index in [0.29, 0.717) is 41.1 Å². The molecule has 3 aromatic heterocycles. The van der Waals surface area contributed by atoms with Crippen molar-refractivity contribution in [3.8, 4) is 6.07 Å². The lowest BCUT2D eigenvalue weighted by Gasteiger charge is -2.13. The third-order valence-electron chi connectivity index (χ3n) is 3.31. The number of nitrogens with one attached hydrogen (secondary N) is 1. The van der Waals surface area contributed by atoms with E-state index in [2.05, 4.69) is 26.5 Å². The van der Waals surface area contributed by atoms with Crippen molar-refractivity contribution in [1.29, 1.82) is 5.26 Å². The number of hydrogen-bond donors (Lipinski definition) is 1. The summed E-state index contributed by atoms with van der Waals surface area (Å²) in [5, 5.41) is 17.8. The highest BCUT2D eigenvalue weighted by molar-refractivity contribution is 7.99. The summed E-state index contributed by atoms with van der Waals surface area (Å²) in [7, 11) is 0. The molecule has 0 saturated heterocycles. The van der Waals surface area contributed by atoms with Gasteiger partial charge in [-0.2, -0.15) is 14.9 Å². The molecule has 0 amide bonds. The predicted octanol–water partition coefficient (Wildman–Crippen LogP) is 2.69. The molecule has 122 valence electrons. The van der Waals surface area contributed by atoms with Crippen LogP contribution in [0.25, 0.3) is 5.65 Å². The summed E-state index contributed by atoms with van der Waals surface area (Å²) in [4.78, 5) is 8.51. The molecule has 0 atom stereocenters. The summed E-state index contributed by atoms with van der Waals surface area (Å²) in [6, 6.07) is 7.89. The Morgan fingerprint density at radius 2 is 2.12 bits per heavy atom. The van der Waals surface area contributed by atoms with Crippen molar-refractivity contribution < 1.29 is 4.74 Å². The zero-order chi connectivity index (χ0) is 16.8. The van der Waals surface area contributed by atoms with Gasteiger partial charge < -0.3 is 10.1 Å². The summed E-state index contributed by atoms with van der Waals surface area (Å²) in [5.41, 5.74) is 2.21. The third-order valence-corrected chi connectivity index (χ3v) is 4.16. The van der Waals surface area contributed by atoms with Gasteiger partial charge in [-0.15, -0.1) is 0 Å². The van der Waals surface area contributed by atoms with Crippen LogP contribution in [-0.2, 0) is 11.3 Å². The Bertz CT molecular complexity index is 858. The maximum absolute atomic E-state index is 9.61. The van der Waals surface area contributed by atoms with Gasteiger partial charge in [-0.1, -0.05) is 11.8 Å². The number of aromatic nitrogens is 4. The number of nitriles is 1. The maximum Gasteiger partial charge on any atom is 0.158 e. The number of fused-ring (bicyclic) bond motifs is 1. The molecule has 0 radical (unpaired) electrons. The highest BCUT2D eigenvalue weighted by Gasteiger charge is 2.16. The predicted molar refractivity (Wildman–Crippen MR) is 91.6 cm³/mol. The second kappa shape index (κ2) is 7.77. The normalized spacial score (nSPS) is 10.7. The first-order chi connectivity index (χ1) is 11.8. The van der Waals surface area contributed by atoms with Crippen LogP contribution in [0, 0.1) is 11.3 Å². The van der Waals surface area contributed by atoms with Crippen LogP contribution in [0.15, 0.2) is 41.8 Å². The van der Waals surface area contributed by atoms with Crippen LogP contribution in [0.3, 0.4) is 0 Å². The molecule has 3 heterocycles. The van der Waals surface area contributed by atoms with Gasteiger partial charge in [0.1, 0.15) is 16.7 Å². The lowest BCUT2D eigenvalue weighted by Crippen LogP contribution is -2.10. The zero-order valence-corrected chi connectivity index (χ0v) is 14.0. The van der Waals surface area contributed by atoms with Gasteiger partial charge >= 0.3 is 0 Å². The van der Waals surface area contributed by atoms with Gasteiger partial charge in [0.05, 0.1) is 12.1 Å². The lowest BCUT2D eigenvalue weighted by atomic mass is 10.2. The van der Waals surface area contributed by atoms with Crippen LogP contribution in [0.5, 0.6) is 0 Å². The van der Waals surface area contributed by atoms with Crippen molar-refractivity contribution in [1.82, 2.24) is 19.6 Å². The summed E-state index contributed by atoms with van der Waals surface area (Å²) in [6.07, 6.45) is 5.14. The molecule has 8 heteroatoms. The number of pyridine rings is 1. The number of rotatable bonds is 7. The van der Waals surface area contributed by atoms with Gasteiger partial charge in [0.15, 0.2) is 11.5 Å². The van der Waals surface area contributed by atoms with Crippen LogP contribution in [0.2, 0.25) is 0 Å². The van der Waals surface area contributed by atoms with Crippen LogP contribution in [0.1, 0.15) is 18.1 Å². The Hall–Kier alpha value is -2.63. The highest BCUT2D eigenvalue weighted by atomic mass is 32.2. The SMILES string of the molecule is CCOCSc1nc2ccnn2c(NCc2ccncc2)c1C#N. The molecule has 0 aliphatic rings. The van der Waals surface area contributed by atoms with Crippen molar-refractivity contribution in [3.63, 3.8) is 0 Å². The highest BCUT2D eigenvalue weighted by Crippen LogP contribution is 2.27. The maximum atomic E-state index is 9.61. The van der Waals surface area contributed by atoms with E-state index < -0.39 is 0 Å². The van der Waals surface area contributed by atoms with E-state index >= 15 is 0 Å². The minimum Gasteiger partial charge on any atom is -0.371 e. The van der Waals surface area contributed by atoms with Gasteiger partial charge in [-0.25, -0.2) is 4.98 Å². The minimum absolute atomic E-state index is 0.451. The summed E-state index contributed by atoms with van der Waals surface area (Å²) in [5.74, 6) is 1.08. The van der Waals surface area contributed by atoms with E-state index in [1.165, 1.54) is 11.8 Å². The monoisotopic (exact) mass is 340 g/mol. The molecule has 7 nitrogen and oxygen atoms in total. The average molecular weight is 340 g/mol. The smallest absolute Gasteiger partial charge is 0.158 e. The van der Waals surface area contributed by atoms with Crippen LogP contribution < -0.4 is 5.32 Å². The van der Waals surface area contributed by atoms with Gasteiger partial charge in [-0.05, 0) is 24.6 Å². The Balaban J connectivity index is 1.94. The number of thioether (sulfide) groups is 1. The molecule has 0 aromatic carbocycles. The van der Waals surface area contributed by atoms with Gasteiger partial charge in [-0.3, -0.25) is 4.98 Å². The largest absolute Gasteiger partial charge is 0.371 e. The number of anilines is 1. The lowest BCUT2D eigenvalue weighted by molar-refractivity contribution is 0.199. The summed E-state index contributed by atoms with van der Waals surface area (Å²) >= 11 is 1.40. The van der Waals surface area contributed by atoms with Crippen molar-refractivity contribution >= 4 is 23.2 Å². The van der Waals surface area contributed by atoms with E-state index in [1.54, 1.807) is 23.1 Å². The van der Waals surface area contributed by atoms with Crippen molar-refractivity contribution in [2.75, 3.05) is 17.9 Å². The molecular formula is C16H16N6OS. The molecule has 0 aliphatic heterocycles. The molecule has 0 spiro atoms. The fourth-order valence-corrected chi connectivity index (χ4v) is 2.96. The first kappa shape index (κ1) is 16.2. The molecule has 0 bridgehead atoms. The fourth-order valence-electron chi connectivity index (χ4n) is 2.16. The van der Waals surface area contributed by atoms with Gasteiger partial charge in [0, 0.05) is 31.6 Å². The molecule has 3 rings (SSSR count). The second-order valence-electron chi connectivity index (χ2n) is 4.82. The van der Waals surface area contributed by atoms with E-state index in [1.807, 2.05) is 25.1 Å². The van der Waals surface area contributed by atoms with Crippen molar-refractivity contribution in [2.45, 2.75) is 18.5 Å². The third kappa shape index (κ3) is 3.48. The van der Waals surface area contributed by atoms with E-state index in [9.17, 15) is 5.26 Å². The van der Waals surface area contributed by atoms with Crippen molar-refractivity contribution in [2.24, 2.45) is 0 Å². The first-order valence-electron chi connectivity index (χ1n) is 7.44. The molecule has 0 aliphatic carbocycles. The Morgan fingerprint density at radius 3 is 2.88 bits per heavy atom. The van der Waals surface area contributed by atoms with Gasteiger partial charge in [0.2, 0.25) is 0 Å². The summed E-state index contributed by atoms with van der Waals surface area (Å²) in [6.45, 7) is 3.11. The molecule has 1 N–H and O–H groups in total. The first-order valence-corrected chi connectivity index (χ1v) is 8.43. The van der Waals surface area contributed by atoms with Crippen LogP contribution >= 0.6 is 11.8 Å². The number of ether oxygens (including phenoxy) is 1. The molecule has 3 aromatic rings. The quantitative estimate of drug-likeness (QED) is 0.306. The van der Waals surface area contributed by atoms with E-state index in [0.717, 1.165) is 5.56 Å². The molecule has 0 saturated carbocycles. The molecule has 0 fully saturated rings. The minimum atomic E-state index is 0.451. The number of hydrogen-bond acceptors (Lipinski definition) is 7. The van der Waals surface area contributed by atoms with E-state index in [4.69, 9.17) is 4.74 Å². The standard InChI is InChI=1S/C16H16N6OS/c1-2-23-11-24-16-13(9-17)15(22-14(21-16)5-8-20-22)19-10-12-3-6-18-7-4-12/h3-8,19H,2,10-11H2,1H3. The zero-order valence-electron chi connectivity index (χ0n) is 13.1. The topological polar surface area (TPSA) is 88.1 Å². The summed E-state index contributed by atoms with van der Waals surface area (Å²) < 4.78 is 7.01. The van der Waals surface area contributed by atoms with Crippen molar-refractivity contribution in [3.05, 3.63) is 47.9 Å². The Labute approximate surface area is 143 Å². The Morgan fingerprint density at radius 1 is 1.29 bits per heavy atom. The van der Waals surface area contributed by atoms with Gasteiger partial charge in [0.25, 0.3) is 0 Å². The van der Waals surface area contributed by atoms with Crippen LogP contribution in [-0.4, -0.2) is 32.1 Å². The Kier molecular flexibility index (Phi) is 5.25. The van der Waals surface area contributed by atoms with E-state index in [-0.39, 0.29) is 0 Å². The fraction of sp³-hybridized carbons (Fsp3) is 0.250. The average Bonchev–Trinajstić information content (AvgIpc) is 3.08. The second-order valence-corrected chi connectivity index (χ2v) is 5.73. The molecule has 24 heavy (non-hydrogen) atoms. The molecular weight excluding hydrogens is 324 g/mol. The number of nitrogens with zero attached hydrogens (tertiary/aromatic N) is 5.